The Bertz CT molecular complexity index is 248. The second kappa shape index (κ2) is 3.98. The molecule has 4 heteroatoms. The zero-order chi connectivity index (χ0) is 8.10. The van der Waals surface area contributed by atoms with Gasteiger partial charge in [0.05, 0.1) is 5.69 Å². The molecule has 1 N–H and O–H groups in total. The van der Waals surface area contributed by atoms with Crippen molar-refractivity contribution in [2.45, 2.75) is 0 Å². The lowest BCUT2D eigenvalue weighted by Crippen LogP contribution is -1.96. The summed E-state index contributed by atoms with van der Waals surface area (Å²) in [6.07, 6.45) is 3.50. The molecule has 1 aromatic heterocycles. The van der Waals surface area contributed by atoms with Gasteiger partial charge in [0.2, 0.25) is 0 Å². The predicted octanol–water partition coefficient (Wildman–Crippen LogP) is 1.58. The van der Waals surface area contributed by atoms with Gasteiger partial charge in [-0.15, -0.1) is 11.8 Å². The molecular formula is C7H8N2OS. The van der Waals surface area contributed by atoms with Crippen LogP contribution in [0.3, 0.4) is 0 Å². The number of nitrogens with zero attached hydrogens (tertiary/aromatic N) is 2. The van der Waals surface area contributed by atoms with E-state index in [1.54, 1.807) is 12.3 Å². The number of oxime groups is 1. The molecule has 0 saturated heterocycles. The summed E-state index contributed by atoms with van der Waals surface area (Å²) < 4.78 is 0. The van der Waals surface area contributed by atoms with Gasteiger partial charge in [0, 0.05) is 6.20 Å². The number of thioether (sulfide) groups is 1. The highest BCUT2D eigenvalue weighted by Crippen LogP contribution is 2.06. The van der Waals surface area contributed by atoms with E-state index in [-0.39, 0.29) is 0 Å². The minimum Gasteiger partial charge on any atom is -0.410 e. The van der Waals surface area contributed by atoms with Crippen molar-refractivity contribution in [1.82, 2.24) is 4.98 Å². The van der Waals surface area contributed by atoms with E-state index in [4.69, 9.17) is 5.21 Å². The molecule has 0 saturated carbocycles. The van der Waals surface area contributed by atoms with Gasteiger partial charge in [0.25, 0.3) is 0 Å². The van der Waals surface area contributed by atoms with Crippen molar-refractivity contribution in [2.75, 3.05) is 6.26 Å². The molecule has 58 valence electrons. The summed E-state index contributed by atoms with van der Waals surface area (Å²) in [7, 11) is 0. The van der Waals surface area contributed by atoms with Gasteiger partial charge < -0.3 is 5.21 Å². The highest BCUT2D eigenvalue weighted by atomic mass is 32.2. The lowest BCUT2D eigenvalue weighted by atomic mass is 10.4. The van der Waals surface area contributed by atoms with Gasteiger partial charge >= 0.3 is 0 Å². The van der Waals surface area contributed by atoms with E-state index in [1.807, 2.05) is 18.4 Å². The molecule has 1 heterocycles. The maximum atomic E-state index is 8.51. The van der Waals surface area contributed by atoms with E-state index in [1.165, 1.54) is 11.8 Å². The van der Waals surface area contributed by atoms with Crippen molar-refractivity contribution < 1.29 is 5.21 Å². The number of pyridine rings is 1. The molecule has 0 unspecified atom stereocenters. The van der Waals surface area contributed by atoms with E-state index >= 15 is 0 Å². The van der Waals surface area contributed by atoms with Crippen LogP contribution in [0.25, 0.3) is 0 Å². The Kier molecular flexibility index (Phi) is 2.92. The molecular weight excluding hydrogens is 160 g/mol. The minimum atomic E-state index is 0.533. The Balaban J connectivity index is 2.92. The van der Waals surface area contributed by atoms with Crippen molar-refractivity contribution in [3.63, 3.8) is 0 Å². The van der Waals surface area contributed by atoms with Gasteiger partial charge in [-0.3, -0.25) is 4.98 Å². The second-order valence-electron chi connectivity index (χ2n) is 1.82. The zero-order valence-corrected chi connectivity index (χ0v) is 6.88. The third-order valence-electron chi connectivity index (χ3n) is 1.17. The Hall–Kier alpha value is -1.03. The average molecular weight is 168 g/mol. The van der Waals surface area contributed by atoms with E-state index in [9.17, 15) is 0 Å². The summed E-state index contributed by atoms with van der Waals surface area (Å²) in [5, 5.41) is 12.1. The molecule has 0 spiro atoms. The summed E-state index contributed by atoms with van der Waals surface area (Å²) in [5.74, 6) is 0. The molecule has 0 radical (unpaired) electrons. The first-order valence-corrected chi connectivity index (χ1v) is 4.28. The van der Waals surface area contributed by atoms with Gasteiger partial charge in [-0.1, -0.05) is 11.2 Å². The molecule has 1 aromatic rings. The van der Waals surface area contributed by atoms with Crippen LogP contribution in [-0.4, -0.2) is 21.5 Å². The molecule has 0 aliphatic heterocycles. The molecule has 0 amide bonds. The van der Waals surface area contributed by atoms with Crippen molar-refractivity contribution in [1.29, 1.82) is 0 Å². The third kappa shape index (κ3) is 1.94. The first kappa shape index (κ1) is 8.07. The third-order valence-corrected chi connectivity index (χ3v) is 1.85. The molecule has 0 aliphatic rings. The van der Waals surface area contributed by atoms with E-state index < -0.39 is 0 Å². The van der Waals surface area contributed by atoms with Gasteiger partial charge in [-0.25, -0.2) is 0 Å². The lowest BCUT2D eigenvalue weighted by molar-refractivity contribution is 0.321. The molecule has 0 bridgehead atoms. The molecule has 0 aliphatic carbocycles. The average Bonchev–Trinajstić information content (AvgIpc) is 2.09. The van der Waals surface area contributed by atoms with Crippen LogP contribution >= 0.6 is 11.8 Å². The van der Waals surface area contributed by atoms with Crippen LogP contribution in [0.2, 0.25) is 0 Å². The number of hydrogen-bond acceptors (Lipinski definition) is 4. The van der Waals surface area contributed by atoms with Crippen LogP contribution in [0.1, 0.15) is 5.69 Å². The fourth-order valence-electron chi connectivity index (χ4n) is 0.686. The van der Waals surface area contributed by atoms with Gasteiger partial charge in [-0.2, -0.15) is 0 Å². The monoisotopic (exact) mass is 168 g/mol. The summed E-state index contributed by atoms with van der Waals surface area (Å²) in [6, 6.07) is 5.47. The SMILES string of the molecule is CSC(=NO)c1ccccn1. The molecule has 0 atom stereocenters. The first-order chi connectivity index (χ1) is 5.38. The molecule has 3 nitrogen and oxygen atoms in total. The van der Waals surface area contributed by atoms with Gasteiger partial charge in [0.1, 0.15) is 0 Å². The van der Waals surface area contributed by atoms with E-state index in [0.717, 1.165) is 0 Å². The van der Waals surface area contributed by atoms with Crippen LogP contribution < -0.4 is 0 Å². The van der Waals surface area contributed by atoms with Gasteiger partial charge in [0.15, 0.2) is 5.04 Å². The fourth-order valence-corrected chi connectivity index (χ4v) is 1.10. The van der Waals surface area contributed by atoms with Crippen LogP contribution in [0.15, 0.2) is 29.6 Å². The maximum absolute atomic E-state index is 8.51. The van der Waals surface area contributed by atoms with Crippen molar-refractivity contribution >= 4 is 16.8 Å². The summed E-state index contributed by atoms with van der Waals surface area (Å²) in [6.45, 7) is 0. The van der Waals surface area contributed by atoms with Crippen LogP contribution in [-0.2, 0) is 0 Å². The quantitative estimate of drug-likeness (QED) is 0.300. The highest BCUT2D eigenvalue weighted by molar-refractivity contribution is 8.13. The Morgan fingerprint density at radius 1 is 1.64 bits per heavy atom. The summed E-state index contributed by atoms with van der Waals surface area (Å²) >= 11 is 1.36. The first-order valence-electron chi connectivity index (χ1n) is 3.06. The molecule has 0 aromatic carbocycles. The predicted molar refractivity (Wildman–Crippen MR) is 46.1 cm³/mol. The van der Waals surface area contributed by atoms with Crippen LogP contribution in [0.5, 0.6) is 0 Å². The van der Waals surface area contributed by atoms with Crippen LogP contribution in [0, 0.1) is 0 Å². The topological polar surface area (TPSA) is 45.5 Å². The highest BCUT2D eigenvalue weighted by Gasteiger charge is 2.00. The normalized spacial score (nSPS) is 11.5. The summed E-state index contributed by atoms with van der Waals surface area (Å²) in [4.78, 5) is 4.01. The van der Waals surface area contributed by atoms with Crippen LogP contribution in [0.4, 0.5) is 0 Å². The summed E-state index contributed by atoms with van der Waals surface area (Å²) in [5.41, 5.74) is 0.697. The second-order valence-corrected chi connectivity index (χ2v) is 2.62. The number of rotatable bonds is 1. The Morgan fingerprint density at radius 3 is 2.91 bits per heavy atom. The fraction of sp³-hybridized carbons (Fsp3) is 0.143. The maximum Gasteiger partial charge on any atom is 0.161 e. The standard InChI is InChI=1S/C7H8N2OS/c1-11-7(9-10)6-4-2-3-5-8-6/h2-5,10H,1H3. The molecule has 0 fully saturated rings. The Labute approximate surface area is 69.1 Å². The van der Waals surface area contributed by atoms with Gasteiger partial charge in [-0.05, 0) is 18.4 Å². The lowest BCUT2D eigenvalue weighted by Gasteiger charge is -1.96. The smallest absolute Gasteiger partial charge is 0.161 e. The number of aromatic nitrogens is 1. The van der Waals surface area contributed by atoms with E-state index in [2.05, 4.69) is 10.1 Å². The Morgan fingerprint density at radius 2 is 2.45 bits per heavy atom. The van der Waals surface area contributed by atoms with E-state index in [0.29, 0.717) is 10.7 Å². The molecule has 11 heavy (non-hydrogen) atoms. The zero-order valence-electron chi connectivity index (χ0n) is 6.06. The minimum absolute atomic E-state index is 0.533. The largest absolute Gasteiger partial charge is 0.410 e. The molecule has 1 rings (SSSR count). The number of hydrogen-bond donors (Lipinski definition) is 1. The van der Waals surface area contributed by atoms with Crippen molar-refractivity contribution in [2.24, 2.45) is 5.16 Å². The van der Waals surface area contributed by atoms with Crippen molar-refractivity contribution in [3.05, 3.63) is 30.1 Å². The van der Waals surface area contributed by atoms with Crippen molar-refractivity contribution in [3.8, 4) is 0 Å².